The van der Waals surface area contributed by atoms with Gasteiger partial charge in [0.05, 0.1) is 0 Å². The van der Waals surface area contributed by atoms with Gasteiger partial charge in [0.15, 0.2) is 11.1 Å². The Labute approximate surface area is 106 Å². The molecule has 17 heavy (non-hydrogen) atoms. The summed E-state index contributed by atoms with van der Waals surface area (Å²) in [5.74, 6) is 0.666. The third kappa shape index (κ3) is 3.09. The van der Waals surface area contributed by atoms with Crippen LogP contribution in [0.15, 0.2) is 16.6 Å². The van der Waals surface area contributed by atoms with Crippen LogP contribution in [0.3, 0.4) is 0 Å². The molecule has 0 aromatic carbocycles. The zero-order chi connectivity index (χ0) is 12.3. The lowest BCUT2D eigenvalue weighted by molar-refractivity contribution is 0.379. The molecule has 0 atom stereocenters. The number of hydrogen-bond acceptors (Lipinski definition) is 4. The first-order chi connectivity index (χ1) is 8.16. The van der Waals surface area contributed by atoms with Crippen LogP contribution in [0.2, 0.25) is 0 Å². The SMILES string of the molecule is CC(C)N=C(N)N1CCN(c2nccs2)CC1. The van der Waals surface area contributed by atoms with Crippen molar-refractivity contribution in [2.75, 3.05) is 31.1 Å². The van der Waals surface area contributed by atoms with E-state index in [1.165, 1.54) is 0 Å². The zero-order valence-corrected chi connectivity index (χ0v) is 11.2. The maximum atomic E-state index is 5.96. The number of nitrogens with two attached hydrogens (primary N) is 1. The normalized spacial score (nSPS) is 17.9. The number of aliphatic imine (C=N–C) groups is 1. The van der Waals surface area contributed by atoms with E-state index in [1.807, 2.05) is 25.4 Å². The van der Waals surface area contributed by atoms with Crippen molar-refractivity contribution in [2.24, 2.45) is 10.7 Å². The van der Waals surface area contributed by atoms with E-state index in [4.69, 9.17) is 5.73 Å². The molecule has 2 rings (SSSR count). The van der Waals surface area contributed by atoms with Crippen LogP contribution in [0.1, 0.15) is 13.8 Å². The Morgan fingerprint density at radius 3 is 2.65 bits per heavy atom. The second-order valence-corrected chi connectivity index (χ2v) is 5.24. The Morgan fingerprint density at radius 1 is 1.41 bits per heavy atom. The van der Waals surface area contributed by atoms with Gasteiger partial charge in [-0.3, -0.25) is 4.99 Å². The van der Waals surface area contributed by atoms with E-state index in [9.17, 15) is 0 Å². The number of guanidine groups is 1. The molecule has 1 aromatic heterocycles. The first-order valence-corrected chi connectivity index (χ1v) is 6.77. The fourth-order valence-corrected chi connectivity index (χ4v) is 2.54. The lowest BCUT2D eigenvalue weighted by Gasteiger charge is -2.35. The quantitative estimate of drug-likeness (QED) is 0.631. The molecule has 0 radical (unpaired) electrons. The van der Waals surface area contributed by atoms with Crippen LogP contribution in [0.4, 0.5) is 5.13 Å². The van der Waals surface area contributed by atoms with E-state index in [0.29, 0.717) is 5.96 Å². The highest BCUT2D eigenvalue weighted by molar-refractivity contribution is 7.13. The van der Waals surface area contributed by atoms with Crippen LogP contribution >= 0.6 is 11.3 Å². The fourth-order valence-electron chi connectivity index (χ4n) is 1.85. The first-order valence-electron chi connectivity index (χ1n) is 5.89. The predicted octanol–water partition coefficient (Wildman–Crippen LogP) is 0.988. The van der Waals surface area contributed by atoms with E-state index in [2.05, 4.69) is 19.8 Å². The number of piperazine rings is 1. The summed E-state index contributed by atoms with van der Waals surface area (Å²) in [6.07, 6.45) is 1.85. The molecular weight excluding hydrogens is 234 g/mol. The average molecular weight is 253 g/mol. The van der Waals surface area contributed by atoms with Crippen LogP contribution in [0, 0.1) is 0 Å². The molecule has 0 aliphatic carbocycles. The highest BCUT2D eigenvalue weighted by Crippen LogP contribution is 2.18. The van der Waals surface area contributed by atoms with Gasteiger partial charge in [-0.15, -0.1) is 11.3 Å². The molecule has 6 heteroatoms. The van der Waals surface area contributed by atoms with Crippen LogP contribution in [-0.2, 0) is 0 Å². The number of anilines is 1. The lowest BCUT2D eigenvalue weighted by atomic mass is 10.3. The Morgan fingerprint density at radius 2 is 2.12 bits per heavy atom. The minimum absolute atomic E-state index is 0.256. The van der Waals surface area contributed by atoms with E-state index in [-0.39, 0.29) is 6.04 Å². The molecule has 94 valence electrons. The van der Waals surface area contributed by atoms with Gasteiger partial charge >= 0.3 is 0 Å². The molecular formula is C11H19N5S. The predicted molar refractivity (Wildman–Crippen MR) is 72.7 cm³/mol. The van der Waals surface area contributed by atoms with Gasteiger partial charge < -0.3 is 15.5 Å². The average Bonchev–Trinajstić information content (AvgIpc) is 2.82. The Kier molecular flexibility index (Phi) is 3.83. The van der Waals surface area contributed by atoms with Gasteiger partial charge in [-0.2, -0.15) is 0 Å². The maximum absolute atomic E-state index is 5.96. The molecule has 0 spiro atoms. The Hall–Kier alpha value is -1.30. The second-order valence-electron chi connectivity index (χ2n) is 4.37. The summed E-state index contributed by atoms with van der Waals surface area (Å²) in [5.41, 5.74) is 5.96. The second kappa shape index (κ2) is 5.35. The number of nitrogens with zero attached hydrogens (tertiary/aromatic N) is 4. The van der Waals surface area contributed by atoms with E-state index < -0.39 is 0 Å². The summed E-state index contributed by atoms with van der Waals surface area (Å²) in [4.78, 5) is 13.1. The van der Waals surface area contributed by atoms with Gasteiger partial charge in [0.25, 0.3) is 0 Å². The molecule has 0 amide bonds. The van der Waals surface area contributed by atoms with Crippen LogP contribution in [-0.4, -0.2) is 48.1 Å². The number of aromatic nitrogens is 1. The Balaban J connectivity index is 1.90. The minimum atomic E-state index is 0.256. The van der Waals surface area contributed by atoms with Crippen molar-refractivity contribution >= 4 is 22.4 Å². The summed E-state index contributed by atoms with van der Waals surface area (Å²) >= 11 is 1.68. The zero-order valence-electron chi connectivity index (χ0n) is 10.3. The summed E-state index contributed by atoms with van der Waals surface area (Å²) in [5, 5.41) is 3.11. The van der Waals surface area contributed by atoms with Gasteiger partial charge in [0, 0.05) is 43.8 Å². The van der Waals surface area contributed by atoms with Crippen molar-refractivity contribution in [1.29, 1.82) is 0 Å². The molecule has 2 N–H and O–H groups in total. The number of hydrogen-bond donors (Lipinski definition) is 1. The highest BCUT2D eigenvalue weighted by Gasteiger charge is 2.19. The first kappa shape index (κ1) is 12.2. The summed E-state index contributed by atoms with van der Waals surface area (Å²) in [7, 11) is 0. The van der Waals surface area contributed by atoms with E-state index >= 15 is 0 Å². The van der Waals surface area contributed by atoms with Crippen molar-refractivity contribution in [3.8, 4) is 0 Å². The van der Waals surface area contributed by atoms with Gasteiger partial charge in [-0.1, -0.05) is 0 Å². The molecule has 0 saturated carbocycles. The van der Waals surface area contributed by atoms with Crippen molar-refractivity contribution < 1.29 is 0 Å². The summed E-state index contributed by atoms with van der Waals surface area (Å²) < 4.78 is 0. The van der Waals surface area contributed by atoms with Gasteiger partial charge in [-0.05, 0) is 13.8 Å². The van der Waals surface area contributed by atoms with Crippen molar-refractivity contribution in [1.82, 2.24) is 9.88 Å². The van der Waals surface area contributed by atoms with Crippen molar-refractivity contribution in [2.45, 2.75) is 19.9 Å². The largest absolute Gasteiger partial charge is 0.370 e. The van der Waals surface area contributed by atoms with Crippen LogP contribution in [0.25, 0.3) is 0 Å². The highest BCUT2D eigenvalue weighted by atomic mass is 32.1. The van der Waals surface area contributed by atoms with Crippen molar-refractivity contribution in [3.05, 3.63) is 11.6 Å². The van der Waals surface area contributed by atoms with E-state index in [0.717, 1.165) is 31.3 Å². The fraction of sp³-hybridized carbons (Fsp3) is 0.636. The number of rotatable bonds is 2. The van der Waals surface area contributed by atoms with Crippen molar-refractivity contribution in [3.63, 3.8) is 0 Å². The molecule has 1 saturated heterocycles. The molecule has 2 heterocycles. The molecule has 0 bridgehead atoms. The summed E-state index contributed by atoms with van der Waals surface area (Å²) in [6, 6.07) is 0.256. The molecule has 1 fully saturated rings. The molecule has 0 unspecified atom stereocenters. The minimum Gasteiger partial charge on any atom is -0.370 e. The van der Waals surface area contributed by atoms with E-state index in [1.54, 1.807) is 11.3 Å². The van der Waals surface area contributed by atoms with Gasteiger partial charge in [0.2, 0.25) is 0 Å². The van der Waals surface area contributed by atoms with Gasteiger partial charge in [0.1, 0.15) is 0 Å². The molecule has 1 aliphatic heterocycles. The molecule has 1 aromatic rings. The number of thiazole rings is 1. The van der Waals surface area contributed by atoms with Crippen LogP contribution in [0.5, 0.6) is 0 Å². The van der Waals surface area contributed by atoms with Gasteiger partial charge in [-0.25, -0.2) is 4.98 Å². The standard InChI is InChI=1S/C11H19N5S/c1-9(2)14-10(12)15-4-6-16(7-5-15)11-13-3-8-17-11/h3,8-9H,4-7H2,1-2H3,(H2,12,14). The maximum Gasteiger partial charge on any atom is 0.191 e. The lowest BCUT2D eigenvalue weighted by Crippen LogP contribution is -2.51. The molecule has 5 nitrogen and oxygen atoms in total. The van der Waals surface area contributed by atoms with Crippen LogP contribution < -0.4 is 10.6 Å². The topological polar surface area (TPSA) is 57.8 Å². The summed E-state index contributed by atoms with van der Waals surface area (Å²) in [6.45, 7) is 7.84. The third-order valence-electron chi connectivity index (χ3n) is 2.68. The molecule has 1 aliphatic rings. The smallest absolute Gasteiger partial charge is 0.191 e. The third-order valence-corrected chi connectivity index (χ3v) is 3.52. The monoisotopic (exact) mass is 253 g/mol. The Bertz CT molecular complexity index is 365.